The van der Waals surface area contributed by atoms with Crippen molar-refractivity contribution >= 4 is 33.2 Å². The molecule has 0 aliphatic carbocycles. The van der Waals surface area contributed by atoms with E-state index in [1.165, 1.54) is 0 Å². The Morgan fingerprint density at radius 3 is 2.60 bits per heavy atom. The molecule has 1 nitrogen and oxygen atoms in total. The summed E-state index contributed by atoms with van der Waals surface area (Å²) >= 11 is 9.16. The van der Waals surface area contributed by atoms with Crippen LogP contribution >= 0.6 is 27.5 Å². The van der Waals surface area contributed by atoms with Crippen molar-refractivity contribution in [2.75, 3.05) is 5.32 Å². The lowest BCUT2D eigenvalue weighted by Gasteiger charge is -2.28. The van der Waals surface area contributed by atoms with Crippen molar-refractivity contribution in [3.63, 3.8) is 0 Å². The molecule has 0 saturated heterocycles. The van der Waals surface area contributed by atoms with E-state index in [-0.39, 0.29) is 6.04 Å². The minimum atomic E-state index is -0.817. The van der Waals surface area contributed by atoms with Crippen LogP contribution < -0.4 is 5.32 Å². The Kier molecular flexibility index (Phi) is 3.69. The van der Waals surface area contributed by atoms with Crippen LogP contribution in [0.2, 0.25) is 5.02 Å². The van der Waals surface area contributed by atoms with Crippen molar-refractivity contribution in [1.29, 1.82) is 0 Å². The summed E-state index contributed by atoms with van der Waals surface area (Å²) in [7, 11) is 0. The van der Waals surface area contributed by atoms with E-state index in [4.69, 9.17) is 11.6 Å². The predicted octanol–water partition coefficient (Wildman–Crippen LogP) is 5.48. The van der Waals surface area contributed by atoms with E-state index in [2.05, 4.69) is 21.2 Å². The molecule has 1 unspecified atom stereocenters. The maximum Gasteiger partial charge on any atom is 0.164 e. The number of nitrogens with one attached hydrogen (secondary N) is 1. The first-order valence-electron chi connectivity index (χ1n) is 6.24. The van der Waals surface area contributed by atoms with Gasteiger partial charge in [-0.05, 0) is 52.5 Å². The summed E-state index contributed by atoms with van der Waals surface area (Å²) < 4.78 is 27.7. The molecule has 1 aliphatic rings. The van der Waals surface area contributed by atoms with Gasteiger partial charge in [-0.1, -0.05) is 23.7 Å². The van der Waals surface area contributed by atoms with Crippen molar-refractivity contribution in [2.24, 2.45) is 0 Å². The molecule has 1 aliphatic heterocycles. The molecule has 0 spiro atoms. The van der Waals surface area contributed by atoms with Gasteiger partial charge in [-0.2, -0.15) is 0 Å². The predicted molar refractivity (Wildman–Crippen MR) is 80.2 cm³/mol. The lowest BCUT2D eigenvalue weighted by molar-refractivity contribution is 0.490. The molecule has 104 valence electrons. The minimum Gasteiger partial charge on any atom is -0.377 e. The van der Waals surface area contributed by atoms with Gasteiger partial charge in [0.05, 0.1) is 11.7 Å². The number of fused-ring (bicyclic) bond motifs is 1. The third kappa shape index (κ3) is 2.42. The van der Waals surface area contributed by atoms with Gasteiger partial charge < -0.3 is 5.32 Å². The molecule has 2 aromatic carbocycles. The fourth-order valence-corrected chi connectivity index (χ4v) is 3.20. The molecule has 1 N–H and O–H groups in total. The van der Waals surface area contributed by atoms with Gasteiger partial charge >= 0.3 is 0 Å². The molecule has 0 fully saturated rings. The largest absolute Gasteiger partial charge is 0.377 e. The quantitative estimate of drug-likeness (QED) is 0.666. The number of benzene rings is 2. The lowest BCUT2D eigenvalue weighted by atomic mass is 9.93. The fourth-order valence-electron chi connectivity index (χ4n) is 2.52. The fraction of sp³-hybridized carbons (Fsp3) is 0.200. The second kappa shape index (κ2) is 5.34. The SMILES string of the molecule is Fc1cc(Br)c2c(c1F)CCC(c1ccc(Cl)cc1)N2. The van der Waals surface area contributed by atoms with Crippen LogP contribution in [-0.2, 0) is 6.42 Å². The number of anilines is 1. The molecular weight excluding hydrogens is 348 g/mol. The summed E-state index contributed by atoms with van der Waals surface area (Å²) in [6.07, 6.45) is 1.21. The van der Waals surface area contributed by atoms with E-state index in [0.29, 0.717) is 33.6 Å². The van der Waals surface area contributed by atoms with Crippen molar-refractivity contribution in [1.82, 2.24) is 0 Å². The molecule has 2 aromatic rings. The number of halogens is 4. The molecule has 0 aromatic heterocycles. The molecule has 0 amide bonds. The van der Waals surface area contributed by atoms with E-state index in [9.17, 15) is 8.78 Å². The molecule has 0 radical (unpaired) electrons. The standard InChI is InChI=1S/C15H11BrClF2N/c16-11-7-12(18)14(19)10-5-6-13(20-15(10)11)8-1-3-9(17)4-2-8/h1-4,7,13,20H,5-6H2. The van der Waals surface area contributed by atoms with E-state index in [1.54, 1.807) is 0 Å². The van der Waals surface area contributed by atoms with Crippen molar-refractivity contribution in [3.8, 4) is 0 Å². The zero-order valence-corrected chi connectivity index (χ0v) is 12.7. The Morgan fingerprint density at radius 1 is 1.20 bits per heavy atom. The zero-order valence-electron chi connectivity index (χ0n) is 10.4. The maximum atomic E-state index is 13.8. The highest BCUT2D eigenvalue weighted by Gasteiger charge is 2.25. The summed E-state index contributed by atoms with van der Waals surface area (Å²) in [6, 6.07) is 8.77. The van der Waals surface area contributed by atoms with Gasteiger partial charge in [0.1, 0.15) is 0 Å². The van der Waals surface area contributed by atoms with Crippen LogP contribution in [-0.4, -0.2) is 0 Å². The van der Waals surface area contributed by atoms with Gasteiger partial charge in [-0.15, -0.1) is 0 Å². The maximum absolute atomic E-state index is 13.8. The van der Waals surface area contributed by atoms with Crippen LogP contribution in [0.3, 0.4) is 0 Å². The normalized spacial score (nSPS) is 17.5. The van der Waals surface area contributed by atoms with Crippen molar-refractivity contribution in [2.45, 2.75) is 18.9 Å². The van der Waals surface area contributed by atoms with Crippen LogP contribution in [0.1, 0.15) is 23.6 Å². The Hall–Kier alpha value is -1.13. The summed E-state index contributed by atoms with van der Waals surface area (Å²) in [5.41, 5.74) is 2.12. The highest BCUT2D eigenvalue weighted by Crippen LogP contribution is 2.39. The van der Waals surface area contributed by atoms with Crippen LogP contribution in [0, 0.1) is 11.6 Å². The van der Waals surface area contributed by atoms with Crippen LogP contribution in [0.25, 0.3) is 0 Å². The van der Waals surface area contributed by atoms with Gasteiger partial charge in [0.15, 0.2) is 11.6 Å². The van der Waals surface area contributed by atoms with E-state index < -0.39 is 11.6 Å². The van der Waals surface area contributed by atoms with E-state index in [1.807, 2.05) is 24.3 Å². The first-order chi connectivity index (χ1) is 9.56. The van der Waals surface area contributed by atoms with Gasteiger partial charge in [-0.3, -0.25) is 0 Å². The second-order valence-corrected chi connectivity index (χ2v) is 6.09. The smallest absolute Gasteiger partial charge is 0.164 e. The van der Waals surface area contributed by atoms with Gasteiger partial charge in [0, 0.05) is 15.1 Å². The molecular formula is C15H11BrClF2N. The second-order valence-electron chi connectivity index (χ2n) is 4.79. The average molecular weight is 359 g/mol. The lowest BCUT2D eigenvalue weighted by Crippen LogP contribution is -2.20. The van der Waals surface area contributed by atoms with E-state index in [0.717, 1.165) is 11.6 Å². The Labute approximate surface area is 129 Å². The Balaban J connectivity index is 1.96. The van der Waals surface area contributed by atoms with Gasteiger partial charge in [0.2, 0.25) is 0 Å². The van der Waals surface area contributed by atoms with Crippen LogP contribution in [0.4, 0.5) is 14.5 Å². The number of hydrogen-bond acceptors (Lipinski definition) is 1. The highest BCUT2D eigenvalue weighted by atomic mass is 79.9. The topological polar surface area (TPSA) is 12.0 Å². The summed E-state index contributed by atoms with van der Waals surface area (Å²) in [5, 5.41) is 3.95. The van der Waals surface area contributed by atoms with Gasteiger partial charge in [-0.25, -0.2) is 8.78 Å². The molecule has 5 heteroatoms. The third-order valence-electron chi connectivity index (χ3n) is 3.54. The van der Waals surface area contributed by atoms with Crippen LogP contribution in [0.15, 0.2) is 34.8 Å². The average Bonchev–Trinajstić information content (AvgIpc) is 2.45. The molecule has 0 bridgehead atoms. The molecule has 1 heterocycles. The number of rotatable bonds is 1. The van der Waals surface area contributed by atoms with Crippen molar-refractivity contribution in [3.05, 3.63) is 62.6 Å². The molecule has 1 atom stereocenters. The number of hydrogen-bond donors (Lipinski definition) is 1. The van der Waals surface area contributed by atoms with Crippen LogP contribution in [0.5, 0.6) is 0 Å². The first kappa shape index (κ1) is 13.8. The highest BCUT2D eigenvalue weighted by molar-refractivity contribution is 9.10. The summed E-state index contributed by atoms with van der Waals surface area (Å²) in [4.78, 5) is 0. The minimum absolute atomic E-state index is 0.0703. The first-order valence-corrected chi connectivity index (χ1v) is 7.41. The Bertz CT molecular complexity index is 658. The van der Waals surface area contributed by atoms with Crippen molar-refractivity contribution < 1.29 is 8.78 Å². The Morgan fingerprint density at radius 2 is 1.90 bits per heavy atom. The molecule has 20 heavy (non-hydrogen) atoms. The summed E-state index contributed by atoms with van der Waals surface area (Å²) in [5.74, 6) is -1.58. The van der Waals surface area contributed by atoms with Gasteiger partial charge in [0.25, 0.3) is 0 Å². The van der Waals surface area contributed by atoms with E-state index >= 15 is 0 Å². The molecule has 0 saturated carbocycles. The monoisotopic (exact) mass is 357 g/mol. The summed E-state index contributed by atoms with van der Waals surface area (Å²) in [6.45, 7) is 0. The molecule has 3 rings (SSSR count). The third-order valence-corrected chi connectivity index (χ3v) is 4.42. The zero-order chi connectivity index (χ0) is 14.3.